The number of halogens is 1. The lowest BCUT2D eigenvalue weighted by Crippen LogP contribution is -2.38. The van der Waals surface area contributed by atoms with Crippen molar-refractivity contribution in [3.05, 3.63) is 30.1 Å². The highest BCUT2D eigenvalue weighted by Crippen LogP contribution is 2.28. The van der Waals surface area contributed by atoms with Crippen LogP contribution in [0.15, 0.2) is 24.3 Å². The monoisotopic (exact) mass is 323 g/mol. The van der Waals surface area contributed by atoms with Crippen molar-refractivity contribution in [3.63, 3.8) is 0 Å². The second-order valence-corrected chi connectivity index (χ2v) is 5.93. The van der Waals surface area contributed by atoms with E-state index in [1.807, 2.05) is 0 Å². The molecular weight excluding hydrogens is 301 g/mol. The molecule has 0 radical (unpaired) electrons. The van der Waals surface area contributed by atoms with Crippen molar-refractivity contribution in [2.75, 3.05) is 13.2 Å². The smallest absolute Gasteiger partial charge is 0.308 e. The molecule has 1 atom stereocenters. The van der Waals surface area contributed by atoms with Crippen LogP contribution in [-0.2, 0) is 9.59 Å². The van der Waals surface area contributed by atoms with Crippen LogP contribution in [0, 0.1) is 11.7 Å². The van der Waals surface area contributed by atoms with Crippen LogP contribution in [-0.4, -0.2) is 41.1 Å². The summed E-state index contributed by atoms with van der Waals surface area (Å²) in [5, 5.41) is 8.99. The number of carboxylic acid groups (broad SMARTS) is 1. The molecule has 0 spiro atoms. The van der Waals surface area contributed by atoms with Gasteiger partial charge in [0.2, 0.25) is 5.91 Å². The van der Waals surface area contributed by atoms with Gasteiger partial charge in [-0.15, -0.1) is 0 Å². The van der Waals surface area contributed by atoms with Crippen LogP contribution in [0.2, 0.25) is 0 Å². The quantitative estimate of drug-likeness (QED) is 0.710. The molecule has 0 heterocycles. The van der Waals surface area contributed by atoms with Crippen molar-refractivity contribution in [2.45, 2.75) is 38.6 Å². The molecule has 6 heteroatoms. The minimum atomic E-state index is -0.891. The minimum absolute atomic E-state index is 0.0385. The molecule has 0 aromatic heterocycles. The molecule has 1 saturated carbocycles. The predicted octanol–water partition coefficient (Wildman–Crippen LogP) is 2.70. The topological polar surface area (TPSA) is 66.8 Å². The maximum atomic E-state index is 13.0. The third-order valence-corrected chi connectivity index (χ3v) is 3.80. The average molecular weight is 323 g/mol. The lowest BCUT2D eigenvalue weighted by Gasteiger charge is -2.24. The Kier molecular flexibility index (Phi) is 5.96. The molecule has 2 rings (SSSR count). The van der Waals surface area contributed by atoms with Crippen LogP contribution in [0.1, 0.15) is 32.6 Å². The van der Waals surface area contributed by atoms with Crippen molar-refractivity contribution >= 4 is 11.9 Å². The van der Waals surface area contributed by atoms with Crippen molar-refractivity contribution in [2.24, 2.45) is 5.92 Å². The summed E-state index contributed by atoms with van der Waals surface area (Å²) in [6.45, 7) is 2.18. The van der Waals surface area contributed by atoms with Gasteiger partial charge < -0.3 is 14.7 Å². The molecule has 1 amide bonds. The second kappa shape index (κ2) is 7.94. The Balaban J connectivity index is 1.75. The number of hydrogen-bond donors (Lipinski definition) is 1. The van der Waals surface area contributed by atoms with Crippen LogP contribution in [0.25, 0.3) is 0 Å². The number of benzene rings is 1. The van der Waals surface area contributed by atoms with Crippen molar-refractivity contribution in [1.82, 2.24) is 4.90 Å². The highest BCUT2D eigenvalue weighted by atomic mass is 19.1. The molecule has 1 aromatic carbocycles. The van der Waals surface area contributed by atoms with Crippen LogP contribution >= 0.6 is 0 Å². The first-order valence-electron chi connectivity index (χ1n) is 7.88. The zero-order valence-electron chi connectivity index (χ0n) is 13.2. The Morgan fingerprint density at radius 1 is 1.43 bits per heavy atom. The molecular formula is C17H22FNO4. The summed E-state index contributed by atoms with van der Waals surface area (Å²) >= 11 is 0. The molecule has 1 aliphatic carbocycles. The second-order valence-electron chi connectivity index (χ2n) is 5.93. The van der Waals surface area contributed by atoms with E-state index in [2.05, 4.69) is 0 Å². The van der Waals surface area contributed by atoms with Gasteiger partial charge >= 0.3 is 5.97 Å². The third-order valence-electron chi connectivity index (χ3n) is 3.80. The van der Waals surface area contributed by atoms with E-state index in [0.717, 1.165) is 12.8 Å². The van der Waals surface area contributed by atoms with E-state index in [1.54, 1.807) is 24.0 Å². The Morgan fingerprint density at radius 3 is 2.78 bits per heavy atom. The predicted molar refractivity (Wildman–Crippen MR) is 82.7 cm³/mol. The highest BCUT2D eigenvalue weighted by molar-refractivity contribution is 5.78. The number of rotatable bonds is 9. The molecule has 126 valence electrons. The number of aliphatic carboxylic acids is 1. The van der Waals surface area contributed by atoms with Gasteiger partial charge in [0.1, 0.15) is 11.6 Å². The summed E-state index contributed by atoms with van der Waals surface area (Å²) in [6, 6.07) is 6.06. The van der Waals surface area contributed by atoms with Crippen LogP contribution < -0.4 is 4.74 Å². The van der Waals surface area contributed by atoms with E-state index >= 15 is 0 Å². The number of carbonyl (C=O) groups excluding carboxylic acids is 1. The third kappa shape index (κ3) is 5.54. The normalized spacial score (nSPS) is 15.0. The van der Waals surface area contributed by atoms with Gasteiger partial charge in [0.15, 0.2) is 0 Å². The number of nitrogens with zero attached hydrogens (tertiary/aromatic N) is 1. The first-order chi connectivity index (χ1) is 11.0. The van der Waals surface area contributed by atoms with Gasteiger partial charge in [0.25, 0.3) is 0 Å². The summed E-state index contributed by atoms with van der Waals surface area (Å²) in [5.41, 5.74) is 0. The van der Waals surface area contributed by atoms with Gasteiger partial charge in [-0.1, -0.05) is 13.0 Å². The number of amides is 1. The fourth-order valence-corrected chi connectivity index (χ4v) is 2.33. The van der Waals surface area contributed by atoms with Crippen molar-refractivity contribution < 1.29 is 23.8 Å². The van der Waals surface area contributed by atoms with Gasteiger partial charge in [-0.2, -0.15) is 0 Å². The number of hydrogen-bond acceptors (Lipinski definition) is 3. The number of ether oxygens (including phenoxy) is 1. The molecule has 1 aromatic rings. The van der Waals surface area contributed by atoms with Gasteiger partial charge in [-0.25, -0.2) is 4.39 Å². The fourth-order valence-electron chi connectivity index (χ4n) is 2.33. The average Bonchev–Trinajstić information content (AvgIpc) is 3.33. The molecule has 1 aliphatic rings. The van der Waals surface area contributed by atoms with E-state index in [-0.39, 0.29) is 24.3 Å². The van der Waals surface area contributed by atoms with E-state index in [9.17, 15) is 14.0 Å². The summed E-state index contributed by atoms with van der Waals surface area (Å²) in [6.07, 6.45) is 2.70. The SMILES string of the molecule is CC(CN(C(=O)CCCOc1cccc(F)c1)C1CC1)C(=O)O. The molecule has 1 fully saturated rings. The maximum absolute atomic E-state index is 13.0. The molecule has 0 bridgehead atoms. The van der Waals surface area contributed by atoms with Crippen LogP contribution in [0.4, 0.5) is 4.39 Å². The fraction of sp³-hybridized carbons (Fsp3) is 0.529. The van der Waals surface area contributed by atoms with Gasteiger partial charge in [0.05, 0.1) is 12.5 Å². The van der Waals surface area contributed by atoms with E-state index < -0.39 is 11.9 Å². The Labute approximate surface area is 135 Å². The summed E-state index contributed by atoms with van der Waals surface area (Å²) < 4.78 is 18.4. The Bertz CT molecular complexity index is 559. The molecule has 0 saturated heterocycles. The van der Waals surface area contributed by atoms with E-state index in [0.29, 0.717) is 25.2 Å². The lowest BCUT2D eigenvalue weighted by atomic mass is 10.1. The maximum Gasteiger partial charge on any atom is 0.308 e. The lowest BCUT2D eigenvalue weighted by molar-refractivity contribution is -0.143. The van der Waals surface area contributed by atoms with E-state index in [1.165, 1.54) is 12.1 Å². The molecule has 0 aliphatic heterocycles. The first-order valence-corrected chi connectivity index (χ1v) is 7.88. The zero-order chi connectivity index (χ0) is 16.8. The molecule has 1 N–H and O–H groups in total. The molecule has 23 heavy (non-hydrogen) atoms. The number of carbonyl (C=O) groups is 2. The van der Waals surface area contributed by atoms with Crippen molar-refractivity contribution in [3.8, 4) is 5.75 Å². The Hall–Kier alpha value is -2.11. The largest absolute Gasteiger partial charge is 0.493 e. The minimum Gasteiger partial charge on any atom is -0.493 e. The summed E-state index contributed by atoms with van der Waals surface area (Å²) in [4.78, 5) is 24.9. The Morgan fingerprint density at radius 2 is 2.17 bits per heavy atom. The summed E-state index contributed by atoms with van der Waals surface area (Å²) in [5.74, 6) is -1.42. The number of carboxylic acids is 1. The van der Waals surface area contributed by atoms with Gasteiger partial charge in [-0.05, 0) is 31.4 Å². The molecule has 1 unspecified atom stereocenters. The summed E-state index contributed by atoms with van der Waals surface area (Å²) in [7, 11) is 0. The molecule has 5 nitrogen and oxygen atoms in total. The van der Waals surface area contributed by atoms with Gasteiger partial charge in [-0.3, -0.25) is 9.59 Å². The highest BCUT2D eigenvalue weighted by Gasteiger charge is 2.33. The van der Waals surface area contributed by atoms with Crippen LogP contribution in [0.3, 0.4) is 0 Å². The zero-order valence-corrected chi connectivity index (χ0v) is 13.2. The standard InChI is InChI=1S/C17H22FNO4/c1-12(17(21)22)11-19(14-7-8-14)16(20)6-3-9-23-15-5-2-4-13(18)10-15/h2,4-5,10,12,14H,3,6-9,11H2,1H3,(H,21,22). The first kappa shape index (κ1) is 17.2. The van der Waals surface area contributed by atoms with Crippen LogP contribution in [0.5, 0.6) is 5.75 Å². The van der Waals surface area contributed by atoms with Crippen molar-refractivity contribution in [1.29, 1.82) is 0 Å². The van der Waals surface area contributed by atoms with Gasteiger partial charge in [0, 0.05) is 25.1 Å². The van der Waals surface area contributed by atoms with E-state index in [4.69, 9.17) is 9.84 Å².